The summed E-state index contributed by atoms with van der Waals surface area (Å²) in [5.74, 6) is 0. The predicted octanol–water partition coefficient (Wildman–Crippen LogP) is 18.4. The number of furan rings is 1. The zero-order valence-electron chi connectivity index (χ0n) is 35.3. The number of fused-ring (bicyclic) bond motifs is 9. The largest absolute Gasteiger partial charge is 0.455 e. The minimum absolute atomic E-state index is 0.861. The lowest BCUT2D eigenvalue weighted by Gasteiger charge is -2.27. The average molecular weight is 846 g/mol. The van der Waals surface area contributed by atoms with Crippen molar-refractivity contribution in [3.05, 3.63) is 237 Å². The topological polar surface area (TPSA) is 16.4 Å². The van der Waals surface area contributed by atoms with Crippen LogP contribution in [0.15, 0.2) is 241 Å². The second kappa shape index (κ2) is 15.2. The Kier molecular flexibility index (Phi) is 8.75. The Hall–Kier alpha value is -8.24. The van der Waals surface area contributed by atoms with E-state index in [-0.39, 0.29) is 0 Å². The Bertz CT molecular complexity index is 3920. The Morgan fingerprint density at radius 3 is 1.58 bits per heavy atom. The molecule has 11 aromatic carbocycles. The third kappa shape index (κ3) is 6.39. The maximum atomic E-state index is 7.03. The summed E-state index contributed by atoms with van der Waals surface area (Å²) in [6.45, 7) is 0. The van der Waals surface area contributed by atoms with E-state index in [9.17, 15) is 0 Å². The lowest BCUT2D eigenvalue weighted by molar-refractivity contribution is 0.670. The molecule has 2 nitrogen and oxygen atoms in total. The van der Waals surface area contributed by atoms with Crippen molar-refractivity contribution in [2.24, 2.45) is 0 Å². The van der Waals surface area contributed by atoms with Gasteiger partial charge in [0, 0.05) is 42.5 Å². The van der Waals surface area contributed by atoms with E-state index in [0.717, 1.165) is 61.3 Å². The first-order valence-electron chi connectivity index (χ1n) is 22.1. The van der Waals surface area contributed by atoms with Gasteiger partial charge < -0.3 is 9.32 Å². The summed E-state index contributed by atoms with van der Waals surface area (Å²) < 4.78 is 9.56. The van der Waals surface area contributed by atoms with Gasteiger partial charge in [0.25, 0.3) is 0 Å². The Labute approximate surface area is 380 Å². The maximum Gasteiger partial charge on any atom is 0.145 e. The van der Waals surface area contributed by atoms with Gasteiger partial charge >= 0.3 is 0 Å². The van der Waals surface area contributed by atoms with E-state index in [0.29, 0.717) is 0 Å². The lowest BCUT2D eigenvalue weighted by Crippen LogP contribution is -2.10. The highest BCUT2D eigenvalue weighted by atomic mass is 32.1. The summed E-state index contributed by atoms with van der Waals surface area (Å²) in [6.07, 6.45) is 0. The highest BCUT2D eigenvalue weighted by Gasteiger charge is 2.23. The Balaban J connectivity index is 1.00. The molecular formula is C62H39NOS. The fraction of sp³-hybridized carbons (Fsp3) is 0. The van der Waals surface area contributed by atoms with Crippen LogP contribution < -0.4 is 4.90 Å². The highest BCUT2D eigenvalue weighted by molar-refractivity contribution is 7.25. The van der Waals surface area contributed by atoms with Crippen LogP contribution in [0.5, 0.6) is 0 Å². The molecule has 0 bridgehead atoms. The van der Waals surface area contributed by atoms with Crippen LogP contribution in [0.2, 0.25) is 0 Å². The summed E-state index contributed by atoms with van der Waals surface area (Å²) in [4.78, 5) is 2.42. The molecule has 13 aromatic rings. The van der Waals surface area contributed by atoms with Crippen LogP contribution in [-0.2, 0) is 0 Å². The van der Waals surface area contributed by atoms with Gasteiger partial charge in [0.15, 0.2) is 0 Å². The number of hydrogen-bond donors (Lipinski definition) is 0. The number of rotatable bonds is 7. The van der Waals surface area contributed by atoms with Gasteiger partial charge in [-0.25, -0.2) is 0 Å². The second-order valence-corrected chi connectivity index (χ2v) is 17.9. The van der Waals surface area contributed by atoms with Crippen molar-refractivity contribution in [2.45, 2.75) is 0 Å². The summed E-state index contributed by atoms with van der Waals surface area (Å²) in [7, 11) is 0. The molecule has 0 amide bonds. The van der Waals surface area contributed by atoms with E-state index in [4.69, 9.17) is 4.42 Å². The molecule has 65 heavy (non-hydrogen) atoms. The number of thiophene rings is 1. The number of benzene rings is 11. The summed E-state index contributed by atoms with van der Waals surface area (Å²) in [5, 5.41) is 9.75. The molecule has 304 valence electrons. The van der Waals surface area contributed by atoms with Crippen LogP contribution in [0.25, 0.3) is 108 Å². The summed E-state index contributed by atoms with van der Waals surface area (Å²) in [5.41, 5.74) is 14.2. The molecule has 0 atom stereocenters. The van der Waals surface area contributed by atoms with Gasteiger partial charge in [-0.15, -0.1) is 11.3 Å². The van der Waals surface area contributed by atoms with Gasteiger partial charge in [0.2, 0.25) is 0 Å². The fourth-order valence-corrected chi connectivity index (χ4v) is 11.0. The Morgan fingerprint density at radius 2 is 0.846 bits per heavy atom. The SMILES string of the molecule is c1ccc(-c2ccc3c(c2)oc2c(-c4ccccc4)ccc(N(c4ccc(-c5ccc6c(ccc7ccccc76)c5)cc4)c4ccc5c(c4)sc4cc(-c6ccccc6)ccc45)c23)cc1. The van der Waals surface area contributed by atoms with Crippen molar-refractivity contribution >= 4 is 92.1 Å². The van der Waals surface area contributed by atoms with E-state index in [1.165, 1.54) is 64.0 Å². The van der Waals surface area contributed by atoms with Crippen LogP contribution in [0, 0.1) is 0 Å². The zero-order chi connectivity index (χ0) is 42.8. The molecule has 3 heteroatoms. The van der Waals surface area contributed by atoms with Gasteiger partial charge in [-0.05, 0) is 121 Å². The molecule has 0 N–H and O–H groups in total. The first kappa shape index (κ1) is 37.3. The van der Waals surface area contributed by atoms with Gasteiger partial charge in [-0.2, -0.15) is 0 Å². The molecule has 13 rings (SSSR count). The lowest BCUT2D eigenvalue weighted by atomic mass is 9.97. The molecule has 0 aliphatic carbocycles. The third-order valence-corrected chi connectivity index (χ3v) is 14.2. The van der Waals surface area contributed by atoms with Crippen molar-refractivity contribution in [3.63, 3.8) is 0 Å². The Morgan fingerprint density at radius 1 is 0.323 bits per heavy atom. The molecule has 2 aromatic heterocycles. The van der Waals surface area contributed by atoms with Crippen LogP contribution in [0.1, 0.15) is 0 Å². The van der Waals surface area contributed by atoms with Crippen molar-refractivity contribution in [1.29, 1.82) is 0 Å². The van der Waals surface area contributed by atoms with Crippen LogP contribution >= 0.6 is 11.3 Å². The average Bonchev–Trinajstić information content (AvgIpc) is 3.95. The molecule has 0 fully saturated rings. The molecule has 0 saturated heterocycles. The van der Waals surface area contributed by atoms with Crippen LogP contribution in [-0.4, -0.2) is 0 Å². The molecule has 2 heterocycles. The minimum atomic E-state index is 0.861. The molecule has 0 radical (unpaired) electrons. The van der Waals surface area contributed by atoms with Crippen LogP contribution in [0.4, 0.5) is 17.1 Å². The normalized spacial score (nSPS) is 11.7. The van der Waals surface area contributed by atoms with E-state index in [1.54, 1.807) is 0 Å². The van der Waals surface area contributed by atoms with Gasteiger partial charge in [0.05, 0.1) is 11.1 Å². The fourth-order valence-electron chi connectivity index (χ4n) is 9.84. The van der Waals surface area contributed by atoms with Crippen molar-refractivity contribution in [3.8, 4) is 44.5 Å². The van der Waals surface area contributed by atoms with Crippen molar-refractivity contribution in [2.75, 3.05) is 4.90 Å². The smallest absolute Gasteiger partial charge is 0.145 e. The van der Waals surface area contributed by atoms with E-state index in [1.807, 2.05) is 11.3 Å². The monoisotopic (exact) mass is 845 g/mol. The van der Waals surface area contributed by atoms with Gasteiger partial charge in [-0.1, -0.05) is 176 Å². The van der Waals surface area contributed by atoms with E-state index < -0.39 is 0 Å². The zero-order valence-corrected chi connectivity index (χ0v) is 36.1. The first-order valence-corrected chi connectivity index (χ1v) is 23.0. The minimum Gasteiger partial charge on any atom is -0.455 e. The summed E-state index contributed by atoms with van der Waals surface area (Å²) in [6, 6.07) is 85.8. The first-order chi connectivity index (χ1) is 32.2. The molecular weight excluding hydrogens is 807 g/mol. The van der Waals surface area contributed by atoms with Gasteiger partial charge in [-0.3, -0.25) is 0 Å². The number of hydrogen-bond acceptors (Lipinski definition) is 3. The van der Waals surface area contributed by atoms with Crippen LogP contribution in [0.3, 0.4) is 0 Å². The number of anilines is 3. The van der Waals surface area contributed by atoms with Crippen molar-refractivity contribution in [1.82, 2.24) is 0 Å². The predicted molar refractivity (Wildman–Crippen MR) is 278 cm³/mol. The highest BCUT2D eigenvalue weighted by Crippen LogP contribution is 2.48. The maximum absolute atomic E-state index is 7.03. The molecule has 0 aliphatic heterocycles. The molecule has 0 saturated carbocycles. The van der Waals surface area contributed by atoms with Crippen molar-refractivity contribution < 1.29 is 4.42 Å². The molecule has 0 spiro atoms. The van der Waals surface area contributed by atoms with Gasteiger partial charge in [0.1, 0.15) is 11.2 Å². The van der Waals surface area contributed by atoms with E-state index in [2.05, 4.69) is 241 Å². The second-order valence-electron chi connectivity index (χ2n) is 16.8. The summed E-state index contributed by atoms with van der Waals surface area (Å²) >= 11 is 1.86. The standard InChI is InChI=1S/C62H39NOS/c1-4-12-40(13-5-1)46-26-32-56-58(37-46)64-62-53(43-16-8-3-9-17-43)34-35-57(61(56)62)63(50-29-33-55-54-31-25-47(41-14-6-2-7-15-41)38-59(54)65-60(55)39-50)49-27-22-42(23-28-49)45-24-30-52-48(36-45)21-20-44-18-10-11-19-51(44)52/h1-39H. The molecule has 0 unspecified atom stereocenters. The number of nitrogens with zero attached hydrogens (tertiary/aromatic N) is 1. The third-order valence-electron chi connectivity index (χ3n) is 13.1. The van der Waals surface area contributed by atoms with E-state index >= 15 is 0 Å². The molecule has 0 aliphatic rings. The quantitative estimate of drug-likeness (QED) is 0.149.